The number of aliphatic hydroxyl groups is 4. The topological polar surface area (TPSA) is 99.4 Å². The van der Waals surface area contributed by atoms with Crippen LogP contribution in [0.1, 0.15) is 12.8 Å². The van der Waals surface area contributed by atoms with Crippen LogP contribution in [0.3, 0.4) is 0 Å². The van der Waals surface area contributed by atoms with E-state index in [4.69, 9.17) is 20.4 Å². The normalized spacial score (nSPS) is 10.2. The van der Waals surface area contributed by atoms with Crippen molar-refractivity contribution in [1.29, 1.82) is 0 Å². The van der Waals surface area contributed by atoms with Crippen molar-refractivity contribution in [2.45, 2.75) is 12.8 Å². The molecule has 0 aromatic heterocycles. The molecule has 0 radical (unpaired) electrons. The van der Waals surface area contributed by atoms with E-state index < -0.39 is 0 Å². The fraction of sp³-hybridized carbons (Fsp3) is 1.00. The van der Waals surface area contributed by atoms with Crippen molar-refractivity contribution in [3.63, 3.8) is 0 Å². The molecule has 0 heterocycles. The first kappa shape index (κ1) is 31.3. The summed E-state index contributed by atoms with van der Waals surface area (Å²) in [6, 6.07) is 0. The Labute approximate surface area is 142 Å². The molecular formula is C14H36F3N3O4. The van der Waals surface area contributed by atoms with Gasteiger partial charge in [-0.2, -0.15) is 0 Å². The molecule has 0 bridgehead atoms. The number of halogens is 3. The van der Waals surface area contributed by atoms with Gasteiger partial charge in [0.2, 0.25) is 0 Å². The first-order valence-corrected chi connectivity index (χ1v) is 7.87. The largest absolute Gasteiger partial charge is 0.395 e. The molecule has 0 amide bonds. The quantitative estimate of drug-likeness (QED) is 0.209. The first-order valence-electron chi connectivity index (χ1n) is 7.87. The zero-order valence-electron chi connectivity index (χ0n) is 14.3. The summed E-state index contributed by atoms with van der Waals surface area (Å²) >= 11 is 0. The molecule has 152 valence electrons. The maximum atomic E-state index is 8.90. The molecule has 24 heavy (non-hydrogen) atoms. The third-order valence-corrected chi connectivity index (χ3v) is 3.32. The molecule has 0 saturated heterocycles. The van der Waals surface area contributed by atoms with Gasteiger partial charge in [-0.25, -0.2) is 0 Å². The van der Waals surface area contributed by atoms with Crippen LogP contribution in [0.5, 0.6) is 0 Å². The van der Waals surface area contributed by atoms with Gasteiger partial charge in [0.05, 0.1) is 26.4 Å². The van der Waals surface area contributed by atoms with Gasteiger partial charge in [0, 0.05) is 26.2 Å². The molecule has 0 unspecified atom stereocenters. The van der Waals surface area contributed by atoms with E-state index in [-0.39, 0.29) is 40.5 Å². The second kappa shape index (κ2) is 24.8. The van der Waals surface area contributed by atoms with Crippen LogP contribution in [0, 0.1) is 0 Å². The maximum Gasteiger partial charge on any atom is 0.0558 e. The molecule has 0 aliphatic rings. The predicted molar refractivity (Wildman–Crippen MR) is 90.8 cm³/mol. The summed E-state index contributed by atoms with van der Waals surface area (Å²) in [4.78, 5) is 4.10. The minimum atomic E-state index is 0. The van der Waals surface area contributed by atoms with E-state index in [0.29, 0.717) is 26.2 Å². The smallest absolute Gasteiger partial charge is 0.0558 e. The van der Waals surface area contributed by atoms with Gasteiger partial charge in [0.25, 0.3) is 0 Å². The Morgan fingerprint density at radius 1 is 0.500 bits per heavy atom. The van der Waals surface area contributed by atoms with Gasteiger partial charge in [-0.1, -0.05) is 0 Å². The monoisotopic (exact) mass is 367 g/mol. The number of hydrogen-bond donors (Lipinski definition) is 5. The minimum Gasteiger partial charge on any atom is -0.395 e. The van der Waals surface area contributed by atoms with E-state index in [1.165, 1.54) is 0 Å². The summed E-state index contributed by atoms with van der Waals surface area (Å²) in [7, 11) is 0. The van der Waals surface area contributed by atoms with E-state index in [9.17, 15) is 0 Å². The highest BCUT2D eigenvalue weighted by Gasteiger charge is 2.04. The summed E-state index contributed by atoms with van der Waals surface area (Å²) in [5, 5.41) is 38.9. The molecule has 0 atom stereocenters. The highest BCUT2D eigenvalue weighted by molar-refractivity contribution is 4.60. The maximum absolute atomic E-state index is 8.90. The van der Waals surface area contributed by atoms with E-state index in [1.807, 2.05) is 9.80 Å². The molecule has 0 fully saturated rings. The molecule has 7 nitrogen and oxygen atoms in total. The van der Waals surface area contributed by atoms with Crippen molar-refractivity contribution >= 4 is 0 Å². The molecule has 0 aromatic carbocycles. The van der Waals surface area contributed by atoms with Crippen LogP contribution in [-0.4, -0.2) is 109 Å². The molecule has 0 aliphatic heterocycles. The zero-order valence-corrected chi connectivity index (χ0v) is 14.3. The zero-order chi connectivity index (χ0) is 15.8. The molecule has 0 spiro atoms. The van der Waals surface area contributed by atoms with Crippen LogP contribution in [0.2, 0.25) is 0 Å². The van der Waals surface area contributed by atoms with Gasteiger partial charge in [-0.05, 0) is 39.0 Å². The van der Waals surface area contributed by atoms with Crippen LogP contribution in [-0.2, 0) is 0 Å². The number of nitrogens with one attached hydrogen (secondary N) is 1. The lowest BCUT2D eigenvalue weighted by Gasteiger charge is -2.21. The molecule has 0 aliphatic carbocycles. The van der Waals surface area contributed by atoms with Gasteiger partial charge in [-0.15, -0.1) is 0 Å². The molecule has 5 N–H and O–H groups in total. The van der Waals surface area contributed by atoms with Crippen LogP contribution in [0.25, 0.3) is 0 Å². The second-order valence-electron chi connectivity index (χ2n) is 5.03. The molecular weight excluding hydrogens is 331 g/mol. The van der Waals surface area contributed by atoms with Crippen molar-refractivity contribution in [3.05, 3.63) is 0 Å². The Balaban J connectivity index is -0.000000667. The minimum absolute atomic E-state index is 0. The van der Waals surface area contributed by atoms with Crippen molar-refractivity contribution < 1.29 is 34.5 Å². The van der Waals surface area contributed by atoms with Crippen molar-refractivity contribution in [2.75, 3.05) is 78.8 Å². The Morgan fingerprint density at radius 2 is 0.792 bits per heavy atom. The second-order valence-corrected chi connectivity index (χ2v) is 5.03. The van der Waals surface area contributed by atoms with Gasteiger partial charge >= 0.3 is 0 Å². The fourth-order valence-corrected chi connectivity index (χ4v) is 2.22. The average molecular weight is 367 g/mol. The summed E-state index contributed by atoms with van der Waals surface area (Å²) in [5.41, 5.74) is 0. The first-order chi connectivity index (χ1) is 10.3. The SMILES string of the molecule is F.F.F.OCCN(CCO)CCCNCCCN(CCO)CCO. The summed E-state index contributed by atoms with van der Waals surface area (Å²) in [5.74, 6) is 0. The van der Waals surface area contributed by atoms with Crippen molar-refractivity contribution in [2.24, 2.45) is 0 Å². The van der Waals surface area contributed by atoms with Crippen LogP contribution >= 0.6 is 0 Å². The van der Waals surface area contributed by atoms with E-state index in [2.05, 4.69) is 5.32 Å². The Hall–Kier alpha value is -0.490. The number of aliphatic hydroxyl groups excluding tert-OH is 4. The third kappa shape index (κ3) is 19.6. The van der Waals surface area contributed by atoms with Gasteiger partial charge in [0.1, 0.15) is 0 Å². The van der Waals surface area contributed by atoms with Crippen LogP contribution in [0.15, 0.2) is 0 Å². The van der Waals surface area contributed by atoms with Gasteiger partial charge in [-0.3, -0.25) is 23.9 Å². The molecule has 0 rings (SSSR count). The third-order valence-electron chi connectivity index (χ3n) is 3.32. The Bertz CT molecular complexity index is 192. The molecule has 0 aromatic rings. The standard InChI is InChI=1S/C14H33N3O4.3FH/c18-11-7-16(8-12-19)5-1-3-15-4-2-6-17(9-13-20)10-14-21;;;/h15,18-21H,1-14H2;3*1H. The van der Waals surface area contributed by atoms with E-state index in [1.54, 1.807) is 0 Å². The Morgan fingerprint density at radius 3 is 1.04 bits per heavy atom. The highest BCUT2D eigenvalue weighted by Crippen LogP contribution is 1.92. The van der Waals surface area contributed by atoms with Crippen molar-refractivity contribution in [3.8, 4) is 0 Å². The number of nitrogens with zero attached hydrogens (tertiary/aromatic N) is 2. The highest BCUT2D eigenvalue weighted by atomic mass is 19.0. The van der Waals surface area contributed by atoms with Crippen LogP contribution in [0.4, 0.5) is 14.1 Å². The van der Waals surface area contributed by atoms with Gasteiger partial charge in [0.15, 0.2) is 0 Å². The number of hydrogen-bond acceptors (Lipinski definition) is 7. The fourth-order valence-electron chi connectivity index (χ4n) is 2.22. The lowest BCUT2D eigenvalue weighted by atomic mass is 10.3. The predicted octanol–water partition coefficient (Wildman–Crippen LogP) is -1.61. The van der Waals surface area contributed by atoms with Crippen LogP contribution < -0.4 is 5.32 Å². The number of rotatable bonds is 16. The van der Waals surface area contributed by atoms with Crippen molar-refractivity contribution in [1.82, 2.24) is 15.1 Å². The summed E-state index contributed by atoms with van der Waals surface area (Å²) in [6.07, 6.45) is 1.97. The Kier molecular flexibility index (Phi) is 32.3. The lowest BCUT2D eigenvalue weighted by molar-refractivity contribution is 0.158. The van der Waals surface area contributed by atoms with E-state index in [0.717, 1.165) is 39.0 Å². The molecule has 10 heteroatoms. The lowest BCUT2D eigenvalue weighted by Crippen LogP contribution is -2.34. The van der Waals surface area contributed by atoms with E-state index >= 15 is 0 Å². The van der Waals surface area contributed by atoms with Gasteiger partial charge < -0.3 is 25.7 Å². The summed E-state index contributed by atoms with van der Waals surface area (Å²) in [6.45, 7) is 6.49. The average Bonchev–Trinajstić information content (AvgIpc) is 2.47. The molecule has 0 saturated carbocycles. The summed E-state index contributed by atoms with van der Waals surface area (Å²) < 4.78 is 0.